The molecular formula is C13H24O. The first-order valence-electron chi connectivity index (χ1n) is 5.56. The van der Waals surface area contributed by atoms with Crippen molar-refractivity contribution in [2.24, 2.45) is 11.8 Å². The van der Waals surface area contributed by atoms with Gasteiger partial charge in [0.15, 0.2) is 0 Å². The highest BCUT2D eigenvalue weighted by atomic mass is 16.1. The van der Waals surface area contributed by atoms with Crippen LogP contribution < -0.4 is 0 Å². The molecule has 0 rings (SSSR count). The van der Waals surface area contributed by atoms with Crippen LogP contribution in [0.2, 0.25) is 0 Å². The molecule has 1 nitrogen and oxygen atoms in total. The first-order valence-corrected chi connectivity index (χ1v) is 5.56. The van der Waals surface area contributed by atoms with Crippen molar-refractivity contribution in [1.82, 2.24) is 0 Å². The summed E-state index contributed by atoms with van der Waals surface area (Å²) in [5.74, 6) is 1.64. The molecule has 0 fully saturated rings. The number of carbonyl (C=O) groups excluding carboxylic acids is 1. The molecule has 1 heteroatoms. The second-order valence-corrected chi connectivity index (χ2v) is 4.76. The number of hydrogen-bond donors (Lipinski definition) is 0. The molecule has 0 bridgehead atoms. The maximum Gasteiger partial charge on any atom is 0.129 e. The van der Waals surface area contributed by atoms with Crippen LogP contribution in [0.5, 0.6) is 0 Å². The minimum absolute atomic E-state index is 0.313. The Balaban J connectivity index is 4.03. The SMILES string of the molecule is CC(=O)CC[C@@H](CC=C(C)C)C(C)C. The Morgan fingerprint density at radius 2 is 1.79 bits per heavy atom. The van der Waals surface area contributed by atoms with Gasteiger partial charge in [-0.2, -0.15) is 0 Å². The zero-order valence-corrected chi connectivity index (χ0v) is 10.3. The summed E-state index contributed by atoms with van der Waals surface area (Å²) >= 11 is 0. The summed E-state index contributed by atoms with van der Waals surface area (Å²) in [6, 6.07) is 0. The lowest BCUT2D eigenvalue weighted by Crippen LogP contribution is -2.09. The number of allylic oxidation sites excluding steroid dienone is 2. The molecule has 0 unspecified atom stereocenters. The Morgan fingerprint density at radius 1 is 1.21 bits per heavy atom. The summed E-state index contributed by atoms with van der Waals surface area (Å²) in [6.07, 6.45) is 5.17. The van der Waals surface area contributed by atoms with Crippen LogP contribution in [0.25, 0.3) is 0 Å². The highest BCUT2D eigenvalue weighted by Crippen LogP contribution is 2.22. The van der Waals surface area contributed by atoms with Crippen molar-refractivity contribution in [3.05, 3.63) is 11.6 Å². The van der Waals surface area contributed by atoms with Gasteiger partial charge >= 0.3 is 0 Å². The second-order valence-electron chi connectivity index (χ2n) is 4.76. The monoisotopic (exact) mass is 196 g/mol. The minimum Gasteiger partial charge on any atom is -0.300 e. The zero-order valence-electron chi connectivity index (χ0n) is 10.3. The smallest absolute Gasteiger partial charge is 0.129 e. The molecule has 0 aliphatic rings. The van der Waals surface area contributed by atoms with Gasteiger partial charge in [0.05, 0.1) is 0 Å². The fraction of sp³-hybridized carbons (Fsp3) is 0.769. The number of rotatable bonds is 6. The lowest BCUT2D eigenvalue weighted by molar-refractivity contribution is -0.117. The van der Waals surface area contributed by atoms with E-state index in [0.717, 1.165) is 19.3 Å². The van der Waals surface area contributed by atoms with Crippen LogP contribution in [-0.2, 0) is 4.79 Å². The molecule has 0 aromatic heterocycles. The van der Waals surface area contributed by atoms with Crippen LogP contribution in [-0.4, -0.2) is 5.78 Å². The Kier molecular flexibility index (Phi) is 6.52. The summed E-state index contributed by atoms with van der Waals surface area (Å²) in [5, 5.41) is 0. The van der Waals surface area contributed by atoms with E-state index in [-0.39, 0.29) is 0 Å². The zero-order chi connectivity index (χ0) is 11.1. The summed E-state index contributed by atoms with van der Waals surface area (Å²) < 4.78 is 0. The molecule has 1 atom stereocenters. The van der Waals surface area contributed by atoms with E-state index in [2.05, 4.69) is 33.8 Å². The van der Waals surface area contributed by atoms with Crippen LogP contribution >= 0.6 is 0 Å². The molecule has 0 aliphatic carbocycles. The molecule has 82 valence electrons. The van der Waals surface area contributed by atoms with E-state index in [1.807, 2.05) is 0 Å². The number of hydrogen-bond acceptors (Lipinski definition) is 1. The normalized spacial score (nSPS) is 12.7. The summed E-state index contributed by atoms with van der Waals surface area (Å²) in [5.41, 5.74) is 1.37. The molecule has 0 N–H and O–H groups in total. The fourth-order valence-electron chi connectivity index (χ4n) is 1.50. The molecule has 0 spiro atoms. The van der Waals surface area contributed by atoms with Crippen LogP contribution in [0.3, 0.4) is 0 Å². The standard InChI is InChI=1S/C13H24O/c1-10(2)6-8-13(11(3)4)9-7-12(5)14/h6,11,13H,7-9H2,1-5H3/t13-/m1/s1. The van der Waals surface area contributed by atoms with Crippen molar-refractivity contribution in [2.45, 2.75) is 53.9 Å². The van der Waals surface area contributed by atoms with Gasteiger partial charge in [-0.25, -0.2) is 0 Å². The van der Waals surface area contributed by atoms with Crippen molar-refractivity contribution in [2.75, 3.05) is 0 Å². The molecule has 0 saturated carbocycles. The lowest BCUT2D eigenvalue weighted by atomic mass is 9.87. The van der Waals surface area contributed by atoms with Gasteiger partial charge in [0, 0.05) is 6.42 Å². The van der Waals surface area contributed by atoms with Crippen LogP contribution in [0, 0.1) is 11.8 Å². The molecule has 0 radical (unpaired) electrons. The molecule has 0 saturated heterocycles. The van der Waals surface area contributed by atoms with E-state index >= 15 is 0 Å². The van der Waals surface area contributed by atoms with Crippen LogP contribution in [0.1, 0.15) is 53.9 Å². The summed E-state index contributed by atoms with van der Waals surface area (Å²) in [4.78, 5) is 10.9. The van der Waals surface area contributed by atoms with Crippen molar-refractivity contribution < 1.29 is 4.79 Å². The molecule has 14 heavy (non-hydrogen) atoms. The average molecular weight is 196 g/mol. The van der Waals surface area contributed by atoms with Gasteiger partial charge in [0.1, 0.15) is 5.78 Å². The van der Waals surface area contributed by atoms with Gasteiger partial charge in [-0.3, -0.25) is 0 Å². The summed E-state index contributed by atoms with van der Waals surface area (Å²) in [7, 11) is 0. The largest absolute Gasteiger partial charge is 0.300 e. The van der Waals surface area contributed by atoms with Gasteiger partial charge in [-0.05, 0) is 45.4 Å². The Labute approximate surface area is 88.6 Å². The van der Waals surface area contributed by atoms with Crippen LogP contribution in [0.15, 0.2) is 11.6 Å². The number of ketones is 1. The Hall–Kier alpha value is -0.590. The first-order chi connectivity index (χ1) is 6.43. The Morgan fingerprint density at radius 3 is 2.14 bits per heavy atom. The van der Waals surface area contributed by atoms with E-state index in [1.165, 1.54) is 5.57 Å². The van der Waals surface area contributed by atoms with E-state index in [9.17, 15) is 4.79 Å². The van der Waals surface area contributed by atoms with Gasteiger partial charge in [-0.15, -0.1) is 0 Å². The first kappa shape index (κ1) is 13.4. The maximum absolute atomic E-state index is 10.9. The third-order valence-corrected chi connectivity index (χ3v) is 2.64. The molecular weight excluding hydrogens is 172 g/mol. The van der Waals surface area contributed by atoms with E-state index in [0.29, 0.717) is 17.6 Å². The molecule has 0 aliphatic heterocycles. The van der Waals surface area contributed by atoms with E-state index in [1.54, 1.807) is 6.92 Å². The van der Waals surface area contributed by atoms with Gasteiger partial charge < -0.3 is 4.79 Å². The average Bonchev–Trinajstić information content (AvgIpc) is 2.02. The van der Waals surface area contributed by atoms with Crippen LogP contribution in [0.4, 0.5) is 0 Å². The quantitative estimate of drug-likeness (QED) is 0.587. The predicted molar refractivity (Wildman–Crippen MR) is 62.3 cm³/mol. The molecule has 0 amide bonds. The maximum atomic E-state index is 10.9. The second kappa shape index (κ2) is 6.80. The van der Waals surface area contributed by atoms with Crippen molar-refractivity contribution in [3.8, 4) is 0 Å². The molecule has 0 aromatic rings. The van der Waals surface area contributed by atoms with Crippen molar-refractivity contribution >= 4 is 5.78 Å². The molecule has 0 aromatic carbocycles. The molecule has 0 heterocycles. The third kappa shape index (κ3) is 6.88. The predicted octanol–water partition coefficient (Wildman–Crippen LogP) is 3.98. The third-order valence-electron chi connectivity index (χ3n) is 2.64. The van der Waals surface area contributed by atoms with E-state index in [4.69, 9.17) is 0 Å². The fourth-order valence-corrected chi connectivity index (χ4v) is 1.50. The number of Topliss-reactive ketones (excluding diaryl/α,β-unsaturated/α-hetero) is 1. The van der Waals surface area contributed by atoms with Gasteiger partial charge in [0.25, 0.3) is 0 Å². The van der Waals surface area contributed by atoms with Gasteiger partial charge in [-0.1, -0.05) is 25.5 Å². The van der Waals surface area contributed by atoms with Gasteiger partial charge in [0.2, 0.25) is 0 Å². The van der Waals surface area contributed by atoms with Crippen molar-refractivity contribution in [3.63, 3.8) is 0 Å². The number of carbonyl (C=O) groups is 1. The highest BCUT2D eigenvalue weighted by molar-refractivity contribution is 5.75. The highest BCUT2D eigenvalue weighted by Gasteiger charge is 2.12. The topological polar surface area (TPSA) is 17.1 Å². The summed E-state index contributed by atoms with van der Waals surface area (Å²) in [6.45, 7) is 10.4. The Bertz CT molecular complexity index is 197. The van der Waals surface area contributed by atoms with Crippen molar-refractivity contribution in [1.29, 1.82) is 0 Å². The minimum atomic E-state index is 0.313. The van der Waals surface area contributed by atoms with E-state index < -0.39 is 0 Å². The lowest BCUT2D eigenvalue weighted by Gasteiger charge is -2.18.